The van der Waals surface area contributed by atoms with Crippen LogP contribution in [0.15, 0.2) is 17.8 Å². The van der Waals surface area contributed by atoms with Gasteiger partial charge in [0.25, 0.3) is 0 Å². The van der Waals surface area contributed by atoms with E-state index >= 15 is 0 Å². The lowest BCUT2D eigenvalue weighted by Crippen LogP contribution is -2.29. The molecule has 0 aromatic carbocycles. The zero-order chi connectivity index (χ0) is 11.4. The maximum Gasteiger partial charge on any atom is 0.126 e. The number of thiophene rings is 1. The van der Waals surface area contributed by atoms with E-state index in [0.717, 1.165) is 23.5 Å². The molecule has 2 rings (SSSR count). The summed E-state index contributed by atoms with van der Waals surface area (Å²) in [4.78, 5) is 9.73. The Kier molecular flexibility index (Phi) is 3.85. The third-order valence-corrected chi connectivity index (χ3v) is 3.41. The fourth-order valence-corrected chi connectivity index (χ4v) is 2.51. The summed E-state index contributed by atoms with van der Waals surface area (Å²) >= 11 is 1.67. The summed E-state index contributed by atoms with van der Waals surface area (Å²) in [7, 11) is 0. The smallest absolute Gasteiger partial charge is 0.126 e. The molecule has 2 aromatic heterocycles. The van der Waals surface area contributed by atoms with Gasteiger partial charge in [0, 0.05) is 17.8 Å². The molecule has 0 radical (unpaired) electrons. The van der Waals surface area contributed by atoms with Crippen molar-refractivity contribution in [2.45, 2.75) is 32.7 Å². The quantitative estimate of drug-likeness (QED) is 0.865. The van der Waals surface area contributed by atoms with Crippen LogP contribution in [0.25, 0.3) is 10.2 Å². The van der Waals surface area contributed by atoms with E-state index < -0.39 is 0 Å². The first kappa shape index (κ1) is 11.5. The van der Waals surface area contributed by atoms with Gasteiger partial charge in [-0.1, -0.05) is 6.92 Å². The molecule has 0 fully saturated rings. The minimum Gasteiger partial charge on any atom is -0.314 e. The molecule has 1 atom stereocenters. The molecule has 2 heterocycles. The third-order valence-electron chi connectivity index (χ3n) is 2.59. The summed E-state index contributed by atoms with van der Waals surface area (Å²) in [6.07, 6.45) is 3.80. The molecule has 0 spiro atoms. The zero-order valence-corrected chi connectivity index (χ0v) is 10.5. The first-order valence-corrected chi connectivity index (χ1v) is 6.59. The van der Waals surface area contributed by atoms with Crippen LogP contribution in [0.5, 0.6) is 0 Å². The largest absolute Gasteiger partial charge is 0.314 e. The number of aromatic nitrogens is 2. The summed E-state index contributed by atoms with van der Waals surface area (Å²) in [5.74, 6) is 0. The fourth-order valence-electron chi connectivity index (χ4n) is 1.76. The van der Waals surface area contributed by atoms with Crippen LogP contribution in [0.4, 0.5) is 0 Å². The summed E-state index contributed by atoms with van der Waals surface area (Å²) in [6, 6.07) is 2.58. The number of rotatable bonds is 5. The third kappa shape index (κ3) is 2.57. The van der Waals surface area contributed by atoms with Crippen LogP contribution in [-0.4, -0.2) is 22.6 Å². The molecule has 0 saturated carbocycles. The molecule has 4 heteroatoms. The van der Waals surface area contributed by atoms with Crippen LogP contribution in [-0.2, 0) is 6.42 Å². The van der Waals surface area contributed by atoms with E-state index in [1.807, 2.05) is 0 Å². The first-order valence-electron chi connectivity index (χ1n) is 5.71. The molecule has 2 aromatic rings. The predicted octanol–water partition coefficient (Wildman–Crippen LogP) is 2.62. The Morgan fingerprint density at radius 2 is 2.31 bits per heavy atom. The molecule has 16 heavy (non-hydrogen) atoms. The molecule has 3 nitrogen and oxygen atoms in total. The second-order valence-electron chi connectivity index (χ2n) is 4.02. The van der Waals surface area contributed by atoms with Crippen molar-refractivity contribution in [3.63, 3.8) is 0 Å². The minimum absolute atomic E-state index is 0.470. The fraction of sp³-hybridized carbons (Fsp3) is 0.500. The maximum absolute atomic E-state index is 4.38. The van der Waals surface area contributed by atoms with Crippen molar-refractivity contribution in [3.05, 3.63) is 23.5 Å². The number of fused-ring (bicyclic) bond motifs is 1. The van der Waals surface area contributed by atoms with Crippen molar-refractivity contribution in [3.8, 4) is 0 Å². The van der Waals surface area contributed by atoms with Crippen LogP contribution in [0.1, 0.15) is 26.0 Å². The van der Waals surface area contributed by atoms with Crippen molar-refractivity contribution >= 4 is 21.6 Å². The molecule has 0 aliphatic carbocycles. The normalized spacial score (nSPS) is 13.1. The van der Waals surface area contributed by atoms with E-state index in [1.165, 1.54) is 11.8 Å². The highest BCUT2D eigenvalue weighted by atomic mass is 32.1. The highest BCUT2D eigenvalue weighted by Crippen LogP contribution is 2.20. The topological polar surface area (TPSA) is 37.8 Å². The van der Waals surface area contributed by atoms with E-state index in [2.05, 4.69) is 40.6 Å². The molecule has 86 valence electrons. The van der Waals surface area contributed by atoms with Gasteiger partial charge in [0.15, 0.2) is 0 Å². The van der Waals surface area contributed by atoms with Gasteiger partial charge in [0.1, 0.15) is 11.2 Å². The van der Waals surface area contributed by atoms with Gasteiger partial charge in [-0.3, -0.25) is 0 Å². The number of hydrogen-bond donors (Lipinski definition) is 1. The summed E-state index contributed by atoms with van der Waals surface area (Å²) in [5.41, 5.74) is 1.15. The SMILES string of the molecule is CCCNC(C)Cc1ncnc2sccc12. The van der Waals surface area contributed by atoms with Crippen molar-refractivity contribution < 1.29 is 0 Å². The first-order chi connectivity index (χ1) is 7.81. The van der Waals surface area contributed by atoms with Gasteiger partial charge in [-0.2, -0.15) is 0 Å². The van der Waals surface area contributed by atoms with Gasteiger partial charge >= 0.3 is 0 Å². The molecule has 0 aliphatic rings. The molecular formula is C12H17N3S. The van der Waals surface area contributed by atoms with Crippen LogP contribution in [0.2, 0.25) is 0 Å². The Hall–Kier alpha value is -1.00. The lowest BCUT2D eigenvalue weighted by Gasteiger charge is -2.12. The van der Waals surface area contributed by atoms with Gasteiger partial charge < -0.3 is 5.32 Å². The van der Waals surface area contributed by atoms with Gasteiger partial charge in [-0.05, 0) is 31.3 Å². The van der Waals surface area contributed by atoms with Crippen LogP contribution in [0.3, 0.4) is 0 Å². The van der Waals surface area contributed by atoms with E-state index in [4.69, 9.17) is 0 Å². The van der Waals surface area contributed by atoms with Crippen LogP contribution >= 0.6 is 11.3 Å². The predicted molar refractivity (Wildman–Crippen MR) is 68.9 cm³/mol. The summed E-state index contributed by atoms with van der Waals surface area (Å²) in [6.45, 7) is 5.45. The summed E-state index contributed by atoms with van der Waals surface area (Å²) < 4.78 is 0. The zero-order valence-electron chi connectivity index (χ0n) is 9.73. The van der Waals surface area contributed by atoms with E-state index in [9.17, 15) is 0 Å². The van der Waals surface area contributed by atoms with Crippen molar-refractivity contribution in [2.24, 2.45) is 0 Å². The lowest BCUT2D eigenvalue weighted by atomic mass is 10.1. The Labute approximate surface area is 99.9 Å². The second kappa shape index (κ2) is 5.37. The molecule has 0 amide bonds. The molecular weight excluding hydrogens is 218 g/mol. The number of nitrogens with zero attached hydrogens (tertiary/aromatic N) is 2. The van der Waals surface area contributed by atoms with Crippen molar-refractivity contribution in [1.29, 1.82) is 0 Å². The molecule has 0 bridgehead atoms. The lowest BCUT2D eigenvalue weighted by molar-refractivity contribution is 0.540. The van der Waals surface area contributed by atoms with E-state index in [-0.39, 0.29) is 0 Å². The van der Waals surface area contributed by atoms with Gasteiger partial charge in [-0.25, -0.2) is 9.97 Å². The van der Waals surface area contributed by atoms with Crippen LogP contribution in [0, 0.1) is 0 Å². The highest BCUT2D eigenvalue weighted by Gasteiger charge is 2.08. The monoisotopic (exact) mass is 235 g/mol. The minimum atomic E-state index is 0.470. The summed E-state index contributed by atoms with van der Waals surface area (Å²) in [5, 5.41) is 6.76. The van der Waals surface area contributed by atoms with E-state index in [0.29, 0.717) is 6.04 Å². The molecule has 1 unspecified atom stereocenters. The van der Waals surface area contributed by atoms with Crippen molar-refractivity contribution in [1.82, 2.24) is 15.3 Å². The Bertz CT molecular complexity index is 452. The van der Waals surface area contributed by atoms with Gasteiger partial charge in [-0.15, -0.1) is 11.3 Å². The van der Waals surface area contributed by atoms with Gasteiger partial charge in [0.05, 0.1) is 5.69 Å². The average molecular weight is 235 g/mol. The molecule has 0 aliphatic heterocycles. The molecule has 0 saturated heterocycles. The second-order valence-corrected chi connectivity index (χ2v) is 4.91. The number of nitrogens with one attached hydrogen (secondary N) is 1. The van der Waals surface area contributed by atoms with E-state index in [1.54, 1.807) is 17.7 Å². The van der Waals surface area contributed by atoms with Crippen molar-refractivity contribution in [2.75, 3.05) is 6.54 Å². The van der Waals surface area contributed by atoms with Gasteiger partial charge in [0.2, 0.25) is 0 Å². The Morgan fingerprint density at radius 3 is 3.12 bits per heavy atom. The van der Waals surface area contributed by atoms with Crippen LogP contribution < -0.4 is 5.32 Å². The Balaban J connectivity index is 2.11. The highest BCUT2D eigenvalue weighted by molar-refractivity contribution is 7.16. The maximum atomic E-state index is 4.38. The molecule has 1 N–H and O–H groups in total. The number of hydrogen-bond acceptors (Lipinski definition) is 4. The average Bonchev–Trinajstić information content (AvgIpc) is 2.75. The Morgan fingerprint density at radius 1 is 1.44 bits per heavy atom. The standard InChI is InChI=1S/C12H17N3S/c1-3-5-13-9(2)7-11-10-4-6-16-12(10)15-8-14-11/h4,6,8-9,13H,3,5,7H2,1-2H3.